The van der Waals surface area contributed by atoms with Crippen molar-refractivity contribution in [3.8, 4) is 0 Å². The van der Waals surface area contributed by atoms with Gasteiger partial charge in [0.15, 0.2) is 5.78 Å². The quantitative estimate of drug-likeness (QED) is 0.480. The smallest absolute Gasteiger partial charge is 0.227 e. The van der Waals surface area contributed by atoms with Crippen LogP contribution in [-0.2, 0) is 9.59 Å². The Labute approximate surface area is 211 Å². The van der Waals surface area contributed by atoms with Crippen LogP contribution in [0.25, 0.3) is 0 Å². The lowest BCUT2D eigenvalue weighted by molar-refractivity contribution is -0.119. The Balaban J connectivity index is 1.65. The molecule has 1 aliphatic heterocycles. The molecular weight excluding hydrogens is 453 g/mol. The summed E-state index contributed by atoms with van der Waals surface area (Å²) < 4.78 is 13.8. The third-order valence-corrected chi connectivity index (χ3v) is 7.13. The van der Waals surface area contributed by atoms with Gasteiger partial charge in [0.2, 0.25) is 5.91 Å². The van der Waals surface area contributed by atoms with Crippen LogP contribution >= 0.6 is 0 Å². The van der Waals surface area contributed by atoms with Crippen LogP contribution in [0.2, 0.25) is 0 Å². The van der Waals surface area contributed by atoms with Crippen molar-refractivity contribution in [2.45, 2.75) is 38.1 Å². The Hall–Kier alpha value is -3.93. The summed E-state index contributed by atoms with van der Waals surface area (Å²) in [6, 6.07) is 21.5. The number of hydrogen-bond donors (Lipinski definition) is 1. The number of carbonyl (C=O) groups excluding carboxylic acids is 2. The molecule has 0 bridgehead atoms. The lowest BCUT2D eigenvalue weighted by Gasteiger charge is -2.35. The highest BCUT2D eigenvalue weighted by Gasteiger charge is 2.41. The first kappa shape index (κ1) is 23.8. The molecule has 36 heavy (non-hydrogen) atoms. The number of anilines is 3. The first-order chi connectivity index (χ1) is 17.4. The number of amides is 1. The van der Waals surface area contributed by atoms with Crippen molar-refractivity contribution in [3.05, 3.63) is 101 Å². The SMILES string of the molecule is CCC(=O)N1c2ccccc2NC2=C(C(=O)C[C@H](c3ccc(N(C)C)cc3)C2)[C@@H]1c1ccc(F)cc1. The van der Waals surface area contributed by atoms with Crippen LogP contribution in [0.1, 0.15) is 49.3 Å². The van der Waals surface area contributed by atoms with E-state index in [2.05, 4.69) is 29.6 Å². The van der Waals surface area contributed by atoms with E-state index in [-0.39, 0.29) is 29.8 Å². The normalized spacial score (nSPS) is 19.2. The molecule has 2 atom stereocenters. The highest BCUT2D eigenvalue weighted by Crippen LogP contribution is 2.47. The van der Waals surface area contributed by atoms with Crippen LogP contribution in [0.15, 0.2) is 84.1 Å². The van der Waals surface area contributed by atoms with Crippen molar-refractivity contribution in [1.82, 2.24) is 0 Å². The molecule has 1 N–H and O–H groups in total. The summed E-state index contributed by atoms with van der Waals surface area (Å²) in [4.78, 5) is 31.0. The van der Waals surface area contributed by atoms with E-state index < -0.39 is 6.04 Å². The van der Waals surface area contributed by atoms with E-state index in [4.69, 9.17) is 0 Å². The van der Waals surface area contributed by atoms with Gasteiger partial charge in [0.25, 0.3) is 0 Å². The zero-order valence-electron chi connectivity index (χ0n) is 20.8. The number of rotatable bonds is 4. The van der Waals surface area contributed by atoms with Crippen LogP contribution in [0, 0.1) is 5.82 Å². The number of carbonyl (C=O) groups is 2. The summed E-state index contributed by atoms with van der Waals surface area (Å²) >= 11 is 0. The number of allylic oxidation sites excluding steroid dienone is 1. The van der Waals surface area contributed by atoms with Gasteiger partial charge in [-0.2, -0.15) is 0 Å². The minimum absolute atomic E-state index is 0.00136. The van der Waals surface area contributed by atoms with Crippen LogP contribution < -0.4 is 15.1 Å². The molecule has 0 saturated heterocycles. The Morgan fingerprint density at radius 2 is 1.64 bits per heavy atom. The Morgan fingerprint density at radius 3 is 2.31 bits per heavy atom. The summed E-state index contributed by atoms with van der Waals surface area (Å²) in [5.74, 6) is -0.429. The van der Waals surface area contributed by atoms with Gasteiger partial charge >= 0.3 is 0 Å². The molecule has 3 aromatic rings. The van der Waals surface area contributed by atoms with Crippen molar-refractivity contribution >= 4 is 28.8 Å². The Bertz CT molecular complexity index is 1330. The molecule has 3 aromatic carbocycles. The Kier molecular flexibility index (Phi) is 6.35. The van der Waals surface area contributed by atoms with Crippen LogP contribution in [0.5, 0.6) is 0 Å². The lowest BCUT2D eigenvalue weighted by Crippen LogP contribution is -2.38. The summed E-state index contributed by atoms with van der Waals surface area (Å²) in [5, 5.41) is 3.52. The summed E-state index contributed by atoms with van der Waals surface area (Å²) in [5.41, 5.74) is 5.83. The predicted octanol–water partition coefficient (Wildman–Crippen LogP) is 6.20. The first-order valence-electron chi connectivity index (χ1n) is 12.3. The number of Topliss-reactive ketones (excluding diaryl/α,β-unsaturated/α-hetero) is 1. The molecule has 6 heteroatoms. The zero-order chi connectivity index (χ0) is 25.4. The number of hydrogen-bond acceptors (Lipinski definition) is 4. The highest BCUT2D eigenvalue weighted by atomic mass is 19.1. The first-order valence-corrected chi connectivity index (χ1v) is 12.3. The third-order valence-electron chi connectivity index (χ3n) is 7.13. The van der Waals surface area contributed by atoms with Gasteiger partial charge in [-0.1, -0.05) is 43.3 Å². The third kappa shape index (κ3) is 4.28. The minimum Gasteiger partial charge on any atom is -0.378 e. The molecule has 0 saturated carbocycles. The van der Waals surface area contributed by atoms with Gasteiger partial charge < -0.3 is 10.2 Å². The van der Waals surface area contributed by atoms with E-state index in [1.165, 1.54) is 12.1 Å². The second-order valence-electron chi connectivity index (χ2n) is 9.62. The maximum atomic E-state index is 13.9. The molecule has 0 unspecified atom stereocenters. The van der Waals surface area contributed by atoms with Crippen molar-refractivity contribution in [3.63, 3.8) is 0 Å². The number of para-hydroxylation sites is 2. The molecule has 1 aliphatic carbocycles. The maximum Gasteiger partial charge on any atom is 0.227 e. The van der Waals surface area contributed by atoms with Gasteiger partial charge in [-0.3, -0.25) is 14.5 Å². The number of nitrogens with one attached hydrogen (secondary N) is 1. The van der Waals surface area contributed by atoms with Gasteiger partial charge in [0.05, 0.1) is 17.4 Å². The second kappa shape index (κ2) is 9.61. The van der Waals surface area contributed by atoms with Crippen molar-refractivity contribution in [1.29, 1.82) is 0 Å². The van der Waals surface area contributed by atoms with Gasteiger partial charge in [-0.15, -0.1) is 0 Å². The standard InChI is InChI=1S/C30H30FN3O2/c1-4-28(36)34-26-8-6-5-7-24(26)32-25-17-21(19-11-15-23(16-12-19)33(2)3)18-27(35)29(25)30(34)20-9-13-22(31)14-10-20/h5-16,21,30,32H,4,17-18H2,1-3H3/t21-,30+/m1/s1. The molecule has 5 nitrogen and oxygen atoms in total. The molecule has 2 aliphatic rings. The van der Waals surface area contributed by atoms with Gasteiger partial charge in [0.1, 0.15) is 5.82 Å². The molecule has 1 heterocycles. The fourth-order valence-electron chi connectivity index (χ4n) is 5.28. The minimum atomic E-state index is -0.631. The molecule has 1 amide bonds. The average Bonchev–Trinajstić information content (AvgIpc) is 3.03. The lowest BCUT2D eigenvalue weighted by atomic mass is 9.78. The molecule has 0 fully saturated rings. The fourth-order valence-corrected chi connectivity index (χ4v) is 5.28. The Morgan fingerprint density at radius 1 is 0.972 bits per heavy atom. The highest BCUT2D eigenvalue weighted by molar-refractivity contribution is 6.06. The van der Waals surface area contributed by atoms with Crippen molar-refractivity contribution in [2.75, 3.05) is 29.2 Å². The van der Waals surface area contributed by atoms with E-state index in [9.17, 15) is 14.0 Å². The van der Waals surface area contributed by atoms with Crippen LogP contribution in [-0.4, -0.2) is 25.8 Å². The monoisotopic (exact) mass is 483 g/mol. The molecule has 0 aromatic heterocycles. The van der Waals surface area contributed by atoms with E-state index >= 15 is 0 Å². The van der Waals surface area contributed by atoms with Gasteiger partial charge in [-0.25, -0.2) is 4.39 Å². The van der Waals surface area contributed by atoms with E-state index in [0.29, 0.717) is 29.7 Å². The molecule has 0 spiro atoms. The molecule has 5 rings (SSSR count). The molecule has 0 radical (unpaired) electrons. The van der Waals surface area contributed by atoms with Gasteiger partial charge in [-0.05, 0) is 59.9 Å². The topological polar surface area (TPSA) is 52.7 Å². The van der Waals surface area contributed by atoms with Gasteiger partial charge in [0, 0.05) is 43.9 Å². The van der Waals surface area contributed by atoms with E-state index in [0.717, 1.165) is 22.6 Å². The summed E-state index contributed by atoms with van der Waals surface area (Å²) in [6.07, 6.45) is 1.27. The van der Waals surface area contributed by atoms with Crippen LogP contribution in [0.3, 0.4) is 0 Å². The maximum absolute atomic E-state index is 13.9. The van der Waals surface area contributed by atoms with Crippen LogP contribution in [0.4, 0.5) is 21.5 Å². The van der Waals surface area contributed by atoms with E-state index in [1.807, 2.05) is 50.2 Å². The number of benzene rings is 3. The number of ketones is 1. The van der Waals surface area contributed by atoms with Crippen molar-refractivity contribution in [2.24, 2.45) is 0 Å². The van der Waals surface area contributed by atoms with E-state index in [1.54, 1.807) is 17.0 Å². The number of nitrogens with zero attached hydrogens (tertiary/aromatic N) is 2. The number of fused-ring (bicyclic) bond motifs is 1. The largest absolute Gasteiger partial charge is 0.378 e. The average molecular weight is 484 g/mol. The summed E-state index contributed by atoms with van der Waals surface area (Å²) in [7, 11) is 4.00. The number of halogens is 1. The second-order valence-corrected chi connectivity index (χ2v) is 9.62. The molecule has 184 valence electrons. The zero-order valence-corrected chi connectivity index (χ0v) is 20.8. The fraction of sp³-hybridized carbons (Fsp3) is 0.267. The van der Waals surface area contributed by atoms with Crippen molar-refractivity contribution < 1.29 is 14.0 Å². The molecular formula is C30H30FN3O2. The summed E-state index contributed by atoms with van der Waals surface area (Å²) in [6.45, 7) is 1.82. The predicted molar refractivity (Wildman–Crippen MR) is 142 cm³/mol.